The summed E-state index contributed by atoms with van der Waals surface area (Å²) in [7, 11) is 0. The molecule has 2 amide bonds. The van der Waals surface area contributed by atoms with E-state index in [-0.39, 0.29) is 11.8 Å². The van der Waals surface area contributed by atoms with Crippen molar-refractivity contribution in [2.45, 2.75) is 45.1 Å². The molecule has 1 saturated heterocycles. The Balaban J connectivity index is 1.34. The van der Waals surface area contributed by atoms with Gasteiger partial charge >= 0.3 is 0 Å². The highest BCUT2D eigenvalue weighted by atomic mass is 16.2. The normalized spacial score (nSPS) is 28.6. The van der Waals surface area contributed by atoms with E-state index in [1.54, 1.807) is 0 Å². The molecule has 0 spiro atoms. The number of fused-ring (bicyclic) bond motifs is 2. The van der Waals surface area contributed by atoms with Gasteiger partial charge in [-0.05, 0) is 61.1 Å². The molecular formula is C20H26N2O2. The van der Waals surface area contributed by atoms with Crippen molar-refractivity contribution in [1.29, 1.82) is 0 Å². The summed E-state index contributed by atoms with van der Waals surface area (Å²) in [5.74, 6) is 2.67. The van der Waals surface area contributed by atoms with E-state index >= 15 is 0 Å². The van der Waals surface area contributed by atoms with Gasteiger partial charge in [0.25, 0.3) is 5.91 Å². The number of nitrogens with one attached hydrogen (secondary N) is 1. The molecule has 1 aliphatic heterocycles. The number of carbonyl (C=O) groups is 2. The van der Waals surface area contributed by atoms with Crippen LogP contribution in [0.1, 0.15) is 54.4 Å². The van der Waals surface area contributed by atoms with Gasteiger partial charge in [-0.25, -0.2) is 0 Å². The maximum Gasteiger partial charge on any atom is 0.251 e. The summed E-state index contributed by atoms with van der Waals surface area (Å²) in [4.78, 5) is 26.1. The SMILES string of the molecule is O=C(NC[C@H]1C[C@H]2CC[C@H]1C2)c1cccc(CN2CCCC2=O)c1. The predicted molar refractivity (Wildman–Crippen MR) is 92.4 cm³/mol. The molecule has 4 nitrogen and oxygen atoms in total. The molecule has 2 aliphatic carbocycles. The molecule has 1 aromatic carbocycles. The van der Waals surface area contributed by atoms with Crippen molar-refractivity contribution in [2.75, 3.05) is 13.1 Å². The van der Waals surface area contributed by atoms with Gasteiger partial charge in [0.1, 0.15) is 0 Å². The van der Waals surface area contributed by atoms with E-state index in [2.05, 4.69) is 5.32 Å². The fourth-order valence-corrected chi connectivity index (χ4v) is 4.85. The van der Waals surface area contributed by atoms with Crippen LogP contribution in [-0.2, 0) is 11.3 Å². The monoisotopic (exact) mass is 326 g/mol. The van der Waals surface area contributed by atoms with Gasteiger partial charge in [-0.3, -0.25) is 9.59 Å². The fraction of sp³-hybridized carbons (Fsp3) is 0.600. The van der Waals surface area contributed by atoms with Crippen LogP contribution in [0.25, 0.3) is 0 Å². The zero-order chi connectivity index (χ0) is 16.5. The van der Waals surface area contributed by atoms with Gasteiger partial charge < -0.3 is 10.2 Å². The Bertz CT molecular complexity index is 642. The molecular weight excluding hydrogens is 300 g/mol. The molecule has 1 heterocycles. The van der Waals surface area contributed by atoms with Gasteiger partial charge in [0.15, 0.2) is 0 Å². The van der Waals surface area contributed by atoms with E-state index < -0.39 is 0 Å². The van der Waals surface area contributed by atoms with Crippen molar-refractivity contribution in [3.8, 4) is 0 Å². The van der Waals surface area contributed by atoms with Crippen LogP contribution >= 0.6 is 0 Å². The first kappa shape index (κ1) is 15.7. The largest absolute Gasteiger partial charge is 0.352 e. The highest BCUT2D eigenvalue weighted by Crippen LogP contribution is 2.47. The average Bonchev–Trinajstić information content (AvgIpc) is 3.31. The number of amides is 2. The minimum Gasteiger partial charge on any atom is -0.352 e. The van der Waals surface area contributed by atoms with Gasteiger partial charge in [-0.15, -0.1) is 0 Å². The Hall–Kier alpha value is -1.84. The van der Waals surface area contributed by atoms with E-state index in [1.807, 2.05) is 29.2 Å². The fourth-order valence-electron chi connectivity index (χ4n) is 4.85. The number of rotatable bonds is 5. The molecule has 1 aromatic rings. The van der Waals surface area contributed by atoms with Gasteiger partial charge in [-0.2, -0.15) is 0 Å². The summed E-state index contributed by atoms with van der Waals surface area (Å²) in [6.07, 6.45) is 7.02. The second-order valence-corrected chi connectivity index (χ2v) is 7.76. The van der Waals surface area contributed by atoms with Crippen LogP contribution in [-0.4, -0.2) is 29.8 Å². The van der Waals surface area contributed by atoms with Crippen molar-refractivity contribution in [2.24, 2.45) is 17.8 Å². The number of hydrogen-bond acceptors (Lipinski definition) is 2. The van der Waals surface area contributed by atoms with Gasteiger partial charge in [0, 0.05) is 31.6 Å². The van der Waals surface area contributed by atoms with Crippen LogP contribution in [0.5, 0.6) is 0 Å². The quantitative estimate of drug-likeness (QED) is 0.904. The Labute approximate surface area is 143 Å². The predicted octanol–water partition coefficient (Wildman–Crippen LogP) is 2.98. The standard InChI is InChI=1S/C20H26N2O2/c23-19-5-2-8-22(19)13-15-3-1-4-17(11-15)20(24)21-12-18-10-14-6-7-16(18)9-14/h1,3-4,11,14,16,18H,2,5-10,12-13H2,(H,21,24)/t14-,16-,18+/m0/s1. The molecule has 0 radical (unpaired) electrons. The first-order chi connectivity index (χ1) is 11.7. The number of carbonyl (C=O) groups excluding carboxylic acids is 2. The third-order valence-electron chi connectivity index (χ3n) is 6.14. The van der Waals surface area contributed by atoms with E-state index in [0.29, 0.717) is 24.4 Å². The van der Waals surface area contributed by atoms with Crippen molar-refractivity contribution in [3.05, 3.63) is 35.4 Å². The Morgan fingerprint density at radius 2 is 2.17 bits per heavy atom. The smallest absolute Gasteiger partial charge is 0.251 e. The molecule has 1 N–H and O–H groups in total. The lowest BCUT2D eigenvalue weighted by atomic mass is 9.89. The highest BCUT2D eigenvalue weighted by Gasteiger charge is 2.39. The molecule has 3 fully saturated rings. The molecule has 4 heteroatoms. The molecule has 24 heavy (non-hydrogen) atoms. The lowest BCUT2D eigenvalue weighted by Crippen LogP contribution is -2.31. The first-order valence-electron chi connectivity index (χ1n) is 9.34. The van der Waals surface area contributed by atoms with Crippen LogP contribution in [0, 0.1) is 17.8 Å². The van der Waals surface area contributed by atoms with Crippen LogP contribution in [0.15, 0.2) is 24.3 Å². The molecule has 3 aliphatic rings. The molecule has 2 saturated carbocycles. The summed E-state index contributed by atoms with van der Waals surface area (Å²) < 4.78 is 0. The van der Waals surface area contributed by atoms with E-state index in [1.165, 1.54) is 25.7 Å². The number of likely N-dealkylation sites (tertiary alicyclic amines) is 1. The first-order valence-corrected chi connectivity index (χ1v) is 9.34. The summed E-state index contributed by atoms with van der Waals surface area (Å²) >= 11 is 0. The third-order valence-corrected chi connectivity index (χ3v) is 6.14. The molecule has 0 aromatic heterocycles. The summed E-state index contributed by atoms with van der Waals surface area (Å²) in [5, 5.41) is 3.14. The second-order valence-electron chi connectivity index (χ2n) is 7.76. The van der Waals surface area contributed by atoms with Crippen LogP contribution < -0.4 is 5.32 Å². The van der Waals surface area contributed by atoms with Crippen molar-refractivity contribution >= 4 is 11.8 Å². The van der Waals surface area contributed by atoms with Crippen LogP contribution in [0.2, 0.25) is 0 Å². The number of nitrogens with zero attached hydrogens (tertiary/aromatic N) is 1. The highest BCUT2D eigenvalue weighted by molar-refractivity contribution is 5.94. The Morgan fingerprint density at radius 1 is 1.25 bits per heavy atom. The molecule has 0 unspecified atom stereocenters. The minimum absolute atomic E-state index is 0.0207. The number of benzene rings is 1. The van der Waals surface area contributed by atoms with E-state index in [9.17, 15) is 9.59 Å². The van der Waals surface area contributed by atoms with Crippen molar-refractivity contribution < 1.29 is 9.59 Å². The van der Waals surface area contributed by atoms with Gasteiger partial charge in [0.2, 0.25) is 5.91 Å². The minimum atomic E-state index is 0.0207. The second kappa shape index (κ2) is 6.58. The van der Waals surface area contributed by atoms with Gasteiger partial charge in [0.05, 0.1) is 0 Å². The van der Waals surface area contributed by atoms with E-state index in [4.69, 9.17) is 0 Å². The third kappa shape index (κ3) is 3.19. The van der Waals surface area contributed by atoms with Crippen molar-refractivity contribution in [1.82, 2.24) is 10.2 Å². The van der Waals surface area contributed by atoms with Crippen LogP contribution in [0.4, 0.5) is 0 Å². The lowest BCUT2D eigenvalue weighted by molar-refractivity contribution is -0.128. The van der Waals surface area contributed by atoms with Crippen LogP contribution in [0.3, 0.4) is 0 Å². The summed E-state index contributed by atoms with van der Waals surface area (Å²) in [5.41, 5.74) is 1.75. The maximum atomic E-state index is 12.5. The average molecular weight is 326 g/mol. The molecule has 4 rings (SSSR count). The number of hydrogen-bond donors (Lipinski definition) is 1. The summed E-state index contributed by atoms with van der Waals surface area (Å²) in [6.45, 7) is 2.26. The zero-order valence-corrected chi connectivity index (χ0v) is 14.2. The molecule has 3 atom stereocenters. The van der Waals surface area contributed by atoms with E-state index in [0.717, 1.165) is 36.9 Å². The van der Waals surface area contributed by atoms with Gasteiger partial charge in [-0.1, -0.05) is 18.6 Å². The zero-order valence-electron chi connectivity index (χ0n) is 14.2. The summed E-state index contributed by atoms with van der Waals surface area (Å²) in [6, 6.07) is 7.72. The maximum absolute atomic E-state index is 12.5. The Morgan fingerprint density at radius 3 is 2.88 bits per heavy atom. The lowest BCUT2D eigenvalue weighted by Gasteiger charge is -2.22. The molecule has 2 bridgehead atoms. The topological polar surface area (TPSA) is 49.4 Å². The van der Waals surface area contributed by atoms with Crippen molar-refractivity contribution in [3.63, 3.8) is 0 Å². The Kier molecular flexibility index (Phi) is 4.30. The molecule has 128 valence electrons.